The highest BCUT2D eigenvalue weighted by Crippen LogP contribution is 2.32. The summed E-state index contributed by atoms with van der Waals surface area (Å²) in [5.74, 6) is 0.295. The Balaban J connectivity index is 1.30. The Labute approximate surface area is 170 Å². The fraction of sp³-hybridized carbons (Fsp3) is 0.200. The molecule has 150 valence electrons. The van der Waals surface area contributed by atoms with Crippen LogP contribution in [0.3, 0.4) is 0 Å². The average Bonchev–Trinajstić information content (AvgIpc) is 3.43. The number of hydrogen-bond donors (Lipinski definition) is 3. The molecule has 29 heavy (non-hydrogen) atoms. The minimum atomic E-state index is -1.08. The number of ether oxygens (including phenoxy) is 2. The van der Waals surface area contributed by atoms with Gasteiger partial charge in [0, 0.05) is 22.7 Å². The summed E-state index contributed by atoms with van der Waals surface area (Å²) < 4.78 is 16.5. The van der Waals surface area contributed by atoms with Gasteiger partial charge in [-0.3, -0.25) is 9.59 Å². The summed E-state index contributed by atoms with van der Waals surface area (Å²) in [6.07, 6.45) is -1.08. The van der Waals surface area contributed by atoms with Crippen LogP contribution in [0.25, 0.3) is 11.3 Å². The van der Waals surface area contributed by atoms with Crippen LogP contribution < -0.4 is 20.1 Å². The first-order chi connectivity index (χ1) is 14.1. The van der Waals surface area contributed by atoms with Gasteiger partial charge in [0.25, 0.3) is 0 Å². The van der Waals surface area contributed by atoms with Crippen LogP contribution in [0.1, 0.15) is 11.9 Å². The highest BCUT2D eigenvalue weighted by molar-refractivity contribution is 7.08. The lowest BCUT2D eigenvalue weighted by molar-refractivity contribution is -0.136. The Hall–Kier alpha value is -3.30. The van der Waals surface area contributed by atoms with Crippen LogP contribution >= 0.6 is 11.3 Å². The third kappa shape index (κ3) is 4.41. The van der Waals surface area contributed by atoms with E-state index in [2.05, 4.69) is 10.6 Å². The summed E-state index contributed by atoms with van der Waals surface area (Å²) in [7, 11) is 0. The molecule has 3 N–H and O–H groups in total. The number of rotatable bonds is 5. The predicted octanol–water partition coefficient (Wildman–Crippen LogP) is 2.57. The largest absolute Gasteiger partial charge is 0.486 e. The van der Waals surface area contributed by atoms with Crippen LogP contribution in [0.2, 0.25) is 0 Å². The number of carbonyl (C=O) groups excluding carboxylic acids is 2. The molecule has 3 aromatic rings. The van der Waals surface area contributed by atoms with Gasteiger partial charge in [0.15, 0.2) is 11.5 Å². The molecule has 4 rings (SSSR count). The van der Waals surface area contributed by atoms with E-state index in [1.807, 2.05) is 16.8 Å². The number of furan rings is 1. The number of benzene rings is 1. The molecule has 0 saturated heterocycles. The van der Waals surface area contributed by atoms with E-state index in [-0.39, 0.29) is 6.54 Å². The molecule has 9 heteroatoms. The van der Waals surface area contributed by atoms with Gasteiger partial charge in [0.2, 0.25) is 0 Å². The smallest absolute Gasteiger partial charge is 0.313 e. The van der Waals surface area contributed by atoms with Crippen molar-refractivity contribution >= 4 is 28.8 Å². The van der Waals surface area contributed by atoms with Crippen molar-refractivity contribution < 1.29 is 28.6 Å². The second kappa shape index (κ2) is 8.38. The van der Waals surface area contributed by atoms with Crippen LogP contribution in [0, 0.1) is 0 Å². The zero-order chi connectivity index (χ0) is 20.2. The fourth-order valence-corrected chi connectivity index (χ4v) is 3.42. The van der Waals surface area contributed by atoms with Crippen molar-refractivity contribution in [3.05, 3.63) is 52.9 Å². The number of aliphatic hydroxyl groups is 1. The van der Waals surface area contributed by atoms with Crippen molar-refractivity contribution in [1.29, 1.82) is 0 Å². The maximum atomic E-state index is 12.1. The topological polar surface area (TPSA) is 110 Å². The number of amides is 2. The predicted molar refractivity (Wildman–Crippen MR) is 106 cm³/mol. The molecular formula is C20H18N2O6S. The molecule has 1 aromatic carbocycles. The second-order valence-corrected chi connectivity index (χ2v) is 7.03. The molecule has 3 heterocycles. The first kappa shape index (κ1) is 19.0. The van der Waals surface area contributed by atoms with Gasteiger partial charge in [-0.05, 0) is 35.7 Å². The van der Waals surface area contributed by atoms with Crippen molar-refractivity contribution in [2.45, 2.75) is 6.10 Å². The van der Waals surface area contributed by atoms with Crippen molar-refractivity contribution in [1.82, 2.24) is 5.32 Å². The molecular weight excluding hydrogens is 396 g/mol. The Morgan fingerprint density at radius 1 is 1.07 bits per heavy atom. The Bertz CT molecular complexity index is 1010. The monoisotopic (exact) mass is 414 g/mol. The molecule has 2 aromatic heterocycles. The summed E-state index contributed by atoms with van der Waals surface area (Å²) in [6.45, 7) is 0.724. The minimum absolute atomic E-state index is 0.163. The van der Waals surface area contributed by atoms with Gasteiger partial charge in [0.1, 0.15) is 30.8 Å². The molecule has 0 bridgehead atoms. The van der Waals surface area contributed by atoms with E-state index < -0.39 is 17.9 Å². The molecule has 2 amide bonds. The molecule has 1 unspecified atom stereocenters. The number of aliphatic hydroxyl groups excluding tert-OH is 1. The molecule has 0 saturated carbocycles. The minimum Gasteiger partial charge on any atom is -0.486 e. The zero-order valence-corrected chi connectivity index (χ0v) is 16.0. The van der Waals surface area contributed by atoms with Gasteiger partial charge >= 0.3 is 11.8 Å². The molecule has 0 aliphatic carbocycles. The highest BCUT2D eigenvalue weighted by Gasteiger charge is 2.19. The number of anilines is 1. The average molecular weight is 414 g/mol. The summed E-state index contributed by atoms with van der Waals surface area (Å²) in [5, 5.41) is 19.0. The number of carbonyl (C=O) groups is 2. The molecule has 1 atom stereocenters. The fourth-order valence-electron chi connectivity index (χ4n) is 2.77. The van der Waals surface area contributed by atoms with Gasteiger partial charge in [0.05, 0.1) is 6.54 Å². The van der Waals surface area contributed by atoms with Crippen LogP contribution in [0.5, 0.6) is 11.5 Å². The van der Waals surface area contributed by atoms with Crippen LogP contribution in [-0.2, 0) is 9.59 Å². The number of thiophene rings is 1. The number of nitrogens with one attached hydrogen (secondary N) is 2. The van der Waals surface area contributed by atoms with Gasteiger partial charge in [-0.25, -0.2) is 0 Å². The van der Waals surface area contributed by atoms with E-state index in [0.29, 0.717) is 41.9 Å². The van der Waals surface area contributed by atoms with Gasteiger partial charge in [-0.15, -0.1) is 0 Å². The van der Waals surface area contributed by atoms with Gasteiger partial charge in [-0.2, -0.15) is 11.3 Å². The van der Waals surface area contributed by atoms with Gasteiger partial charge in [-0.1, -0.05) is 0 Å². The SMILES string of the molecule is O=C(NCC(O)c1ccc(-c2ccsc2)o1)C(=O)Nc1ccc2c(c1)OCCO2. The molecule has 0 spiro atoms. The maximum Gasteiger partial charge on any atom is 0.313 e. The Kier molecular flexibility index (Phi) is 5.50. The van der Waals surface area contributed by atoms with Crippen molar-refractivity contribution in [2.24, 2.45) is 0 Å². The summed E-state index contributed by atoms with van der Waals surface area (Å²) in [6, 6.07) is 10.2. The quantitative estimate of drug-likeness (QED) is 0.554. The van der Waals surface area contributed by atoms with Crippen LogP contribution in [0.4, 0.5) is 5.69 Å². The number of hydrogen-bond acceptors (Lipinski definition) is 7. The summed E-state index contributed by atoms with van der Waals surface area (Å²) in [5.41, 5.74) is 1.32. The lowest BCUT2D eigenvalue weighted by atomic mass is 10.2. The molecule has 1 aliphatic heterocycles. The van der Waals surface area contributed by atoms with E-state index in [1.54, 1.807) is 30.3 Å². The standard InChI is InChI=1S/C20H18N2O6S/c23-14(16-4-3-15(28-16)12-5-8-29-11-12)10-21-19(24)20(25)22-13-1-2-17-18(9-13)27-7-6-26-17/h1-5,8-9,11,14,23H,6-7,10H2,(H,21,24)(H,22,25). The van der Waals surface area contributed by atoms with Crippen molar-refractivity contribution in [3.63, 3.8) is 0 Å². The van der Waals surface area contributed by atoms with E-state index in [9.17, 15) is 14.7 Å². The lowest BCUT2D eigenvalue weighted by Crippen LogP contribution is -2.37. The Morgan fingerprint density at radius 2 is 1.90 bits per heavy atom. The third-order valence-corrected chi connectivity index (χ3v) is 4.91. The van der Waals surface area contributed by atoms with E-state index >= 15 is 0 Å². The van der Waals surface area contributed by atoms with E-state index in [1.165, 1.54) is 11.3 Å². The lowest BCUT2D eigenvalue weighted by Gasteiger charge is -2.19. The van der Waals surface area contributed by atoms with Crippen LogP contribution in [-0.4, -0.2) is 36.7 Å². The second-order valence-electron chi connectivity index (χ2n) is 6.25. The third-order valence-electron chi connectivity index (χ3n) is 4.22. The van der Waals surface area contributed by atoms with E-state index in [0.717, 1.165) is 5.56 Å². The summed E-state index contributed by atoms with van der Waals surface area (Å²) >= 11 is 1.54. The Morgan fingerprint density at radius 3 is 2.69 bits per heavy atom. The van der Waals surface area contributed by atoms with Crippen molar-refractivity contribution in [3.8, 4) is 22.8 Å². The van der Waals surface area contributed by atoms with Crippen molar-refractivity contribution in [2.75, 3.05) is 25.1 Å². The zero-order valence-electron chi connectivity index (χ0n) is 15.2. The first-order valence-electron chi connectivity index (χ1n) is 8.89. The summed E-state index contributed by atoms with van der Waals surface area (Å²) in [4.78, 5) is 24.1. The van der Waals surface area contributed by atoms with Gasteiger partial charge < -0.3 is 29.6 Å². The molecule has 0 fully saturated rings. The highest BCUT2D eigenvalue weighted by atomic mass is 32.1. The molecule has 8 nitrogen and oxygen atoms in total. The first-order valence-corrected chi connectivity index (χ1v) is 9.83. The van der Waals surface area contributed by atoms with E-state index in [4.69, 9.17) is 13.9 Å². The molecule has 1 aliphatic rings. The van der Waals surface area contributed by atoms with Crippen LogP contribution in [0.15, 0.2) is 51.6 Å². The molecule has 0 radical (unpaired) electrons. The normalized spacial score (nSPS) is 13.6. The number of fused-ring (bicyclic) bond motifs is 1. The maximum absolute atomic E-state index is 12.1.